The molecule has 0 spiro atoms. The van der Waals surface area contributed by atoms with E-state index in [9.17, 15) is 24.3 Å². The van der Waals surface area contributed by atoms with Crippen LogP contribution in [0, 0.1) is 11.3 Å². The van der Waals surface area contributed by atoms with Gasteiger partial charge in [-0.2, -0.15) is 0 Å². The number of hydrogen-bond donors (Lipinski definition) is 5. The van der Waals surface area contributed by atoms with Gasteiger partial charge in [-0.3, -0.25) is 14.4 Å². The highest BCUT2D eigenvalue weighted by Crippen LogP contribution is 2.35. The molecule has 15 heteroatoms. The Balaban J connectivity index is 1.76. The summed E-state index contributed by atoms with van der Waals surface area (Å²) < 4.78 is 26.8. The first kappa shape index (κ1) is 35.9. The zero-order valence-corrected chi connectivity index (χ0v) is 26.4. The van der Waals surface area contributed by atoms with E-state index in [1.54, 1.807) is 65.0 Å². The number of amides is 1. The Kier molecular flexibility index (Phi) is 12.6. The van der Waals surface area contributed by atoms with Crippen molar-refractivity contribution in [2.45, 2.75) is 71.5 Å². The normalized spacial score (nSPS) is 20.8. The molecular formula is C31H42N5O10+. The van der Waals surface area contributed by atoms with Gasteiger partial charge in [0.15, 0.2) is 12.4 Å². The van der Waals surface area contributed by atoms with Gasteiger partial charge in [-0.15, -0.1) is 0 Å². The largest absolute Gasteiger partial charge is 0.514 e. The number of aliphatic hydroxyl groups is 1. The first-order valence-electron chi connectivity index (χ1n) is 14.6. The predicted molar refractivity (Wildman–Crippen MR) is 163 cm³/mol. The Hall–Kier alpha value is -4.60. The number of carbonyl (C=O) groups is 4. The van der Waals surface area contributed by atoms with Crippen LogP contribution in [0.4, 0.5) is 4.79 Å². The lowest BCUT2D eigenvalue weighted by Crippen LogP contribution is -2.75. The van der Waals surface area contributed by atoms with Gasteiger partial charge in [0.05, 0.1) is 11.8 Å². The maximum absolute atomic E-state index is 12.7. The lowest BCUT2D eigenvalue weighted by Gasteiger charge is -2.23. The number of rotatable bonds is 11. The van der Waals surface area contributed by atoms with Gasteiger partial charge in [-0.05, 0) is 49.4 Å². The van der Waals surface area contributed by atoms with Gasteiger partial charge >= 0.3 is 24.0 Å². The summed E-state index contributed by atoms with van der Waals surface area (Å²) in [6.45, 7) is 7.48. The number of nitrogens with two attached hydrogens (primary N) is 2. The number of esters is 3. The van der Waals surface area contributed by atoms with Crippen LogP contribution in [0.3, 0.4) is 0 Å². The fraction of sp³-hybridized carbons (Fsp3) is 0.484. The number of nitrogens with zero attached hydrogens (tertiary/aromatic N) is 1. The molecule has 3 rings (SSSR count). The van der Waals surface area contributed by atoms with Crippen LogP contribution in [0.15, 0.2) is 47.5 Å². The third kappa shape index (κ3) is 9.95. The first-order chi connectivity index (χ1) is 21.7. The van der Waals surface area contributed by atoms with E-state index >= 15 is 0 Å². The van der Waals surface area contributed by atoms with E-state index in [0.29, 0.717) is 5.69 Å². The van der Waals surface area contributed by atoms with E-state index in [1.165, 1.54) is 6.07 Å². The molecule has 2 heterocycles. The summed E-state index contributed by atoms with van der Waals surface area (Å²) in [4.78, 5) is 58.9. The van der Waals surface area contributed by atoms with Crippen molar-refractivity contribution >= 4 is 36.2 Å². The molecule has 7 N–H and O–H groups in total. The number of amidine groups is 1. The number of carbonyl (C=O) groups excluding carboxylic acids is 4. The van der Waals surface area contributed by atoms with Gasteiger partial charge in [-0.1, -0.05) is 44.2 Å². The number of ether oxygens (including phenoxy) is 5. The Morgan fingerprint density at radius 3 is 2.41 bits per heavy atom. The lowest BCUT2D eigenvalue weighted by atomic mass is 9.98. The van der Waals surface area contributed by atoms with Gasteiger partial charge < -0.3 is 45.2 Å². The highest BCUT2D eigenvalue weighted by atomic mass is 16.7. The van der Waals surface area contributed by atoms with Crippen LogP contribution in [0.25, 0.3) is 0 Å². The molecule has 1 fully saturated rings. The minimum absolute atomic E-state index is 0.0109. The zero-order chi connectivity index (χ0) is 34.0. The molecule has 0 radical (unpaired) electrons. The Morgan fingerprint density at radius 2 is 1.78 bits per heavy atom. The summed E-state index contributed by atoms with van der Waals surface area (Å²) in [5.41, 5.74) is 12.0. The number of benzene rings is 1. The van der Waals surface area contributed by atoms with E-state index in [4.69, 9.17) is 35.2 Å². The Morgan fingerprint density at radius 1 is 1.09 bits per heavy atom. The Labute approximate surface area is 266 Å². The third-order valence-electron chi connectivity index (χ3n) is 6.86. The average molecular weight is 645 g/mol. The van der Waals surface area contributed by atoms with Crippen molar-refractivity contribution in [3.63, 3.8) is 0 Å². The average Bonchev–Trinajstić information content (AvgIpc) is 3.60. The van der Waals surface area contributed by atoms with Gasteiger partial charge in [0.1, 0.15) is 36.7 Å². The number of aromatic amines is 1. The second kappa shape index (κ2) is 16.1. The summed E-state index contributed by atoms with van der Waals surface area (Å²) in [7, 11) is 0. The molecule has 1 aromatic carbocycles. The topological polar surface area (TPSA) is 229 Å². The minimum atomic E-state index is -1.40. The smallest absolute Gasteiger partial charge is 0.463 e. The van der Waals surface area contributed by atoms with Crippen LogP contribution >= 0.6 is 0 Å². The van der Waals surface area contributed by atoms with Crippen molar-refractivity contribution in [1.29, 1.82) is 0 Å². The second-order valence-corrected chi connectivity index (χ2v) is 11.9. The summed E-state index contributed by atoms with van der Waals surface area (Å²) in [6.07, 6.45) is -4.78. The lowest BCUT2D eigenvalue weighted by molar-refractivity contribution is -0.309. The van der Waals surface area contributed by atoms with Crippen LogP contribution in [0.1, 0.15) is 57.7 Å². The van der Waals surface area contributed by atoms with Crippen molar-refractivity contribution < 1.29 is 53.0 Å². The van der Waals surface area contributed by atoms with Gasteiger partial charge in [-0.25, -0.2) is 9.79 Å². The molecule has 2 aromatic rings. The quantitative estimate of drug-likeness (QED) is 0.0716. The maximum Gasteiger partial charge on any atom is 0.514 e. The number of aliphatic hydroxyl groups excluding tert-OH is 1. The molecule has 1 aromatic heterocycles. The standard InChI is InChI=1S/C31H41N5O10/c1-17(2)23(33)28(39)46-26-21(14-42-22(37)13-18-9-7-6-8-10-18)45-25(24(26)38)19-11-12-20(35-19)27(34-15-32)36-30(41)44-16-43-29(40)31(3,4)5/h6-12,15,17,21,23-26,35,38H,13-14,16,33H2,1-5H3,(H2,32,34,36,41)/p+1/t21-,23+,24+,25+,26-/m1/s1. The monoisotopic (exact) mass is 644 g/mol. The molecule has 46 heavy (non-hydrogen) atoms. The summed E-state index contributed by atoms with van der Waals surface area (Å²) >= 11 is 0. The van der Waals surface area contributed by atoms with Crippen molar-refractivity contribution in [3.8, 4) is 0 Å². The highest BCUT2D eigenvalue weighted by molar-refractivity contribution is 5.97. The summed E-state index contributed by atoms with van der Waals surface area (Å²) in [5.74, 6) is -2.16. The van der Waals surface area contributed by atoms with Crippen LogP contribution in [-0.2, 0) is 44.5 Å². The van der Waals surface area contributed by atoms with Crippen molar-refractivity contribution in [2.24, 2.45) is 27.8 Å². The van der Waals surface area contributed by atoms with E-state index in [1.807, 2.05) is 6.07 Å². The van der Waals surface area contributed by atoms with E-state index < -0.39 is 66.7 Å². The fourth-order valence-corrected chi connectivity index (χ4v) is 4.19. The van der Waals surface area contributed by atoms with Crippen LogP contribution < -0.4 is 16.5 Å². The number of hydrogen-bond acceptors (Lipinski definition) is 11. The molecule has 0 bridgehead atoms. The molecule has 0 aliphatic carbocycles. The SMILES string of the molecule is CC(C)[C@H](N)C(=O)O[C@H]1[C@@H](O)[C@H](c2ccc(/C(=N/C(=O)OCOC(=O)C(C)(C)C)[NH+]=CN)[nH]2)O[C@@H]1COC(=O)Cc1ccccc1. The maximum atomic E-state index is 12.7. The van der Waals surface area contributed by atoms with Crippen molar-refractivity contribution in [2.75, 3.05) is 13.4 Å². The van der Waals surface area contributed by atoms with Crippen LogP contribution in [0.5, 0.6) is 0 Å². The van der Waals surface area contributed by atoms with Crippen molar-refractivity contribution in [3.05, 3.63) is 59.4 Å². The molecular weight excluding hydrogens is 602 g/mol. The zero-order valence-electron chi connectivity index (χ0n) is 26.4. The van der Waals surface area contributed by atoms with E-state index in [-0.39, 0.29) is 30.5 Å². The highest BCUT2D eigenvalue weighted by Gasteiger charge is 2.48. The first-order valence-corrected chi connectivity index (χ1v) is 14.6. The molecule has 5 atom stereocenters. The fourth-order valence-electron chi connectivity index (χ4n) is 4.19. The number of H-pyrrole nitrogens is 1. The number of nitrogens with one attached hydrogen (secondary N) is 2. The molecule has 0 unspecified atom stereocenters. The predicted octanol–water partition coefficient (Wildman–Crippen LogP) is -0.00590. The minimum Gasteiger partial charge on any atom is -0.463 e. The van der Waals surface area contributed by atoms with Gasteiger partial charge in [0, 0.05) is 5.69 Å². The van der Waals surface area contributed by atoms with Crippen LogP contribution in [0.2, 0.25) is 0 Å². The van der Waals surface area contributed by atoms with E-state index in [0.717, 1.165) is 11.9 Å². The summed E-state index contributed by atoms with van der Waals surface area (Å²) in [5, 5.41) is 11.2. The Bertz CT molecular complexity index is 1420. The molecule has 0 saturated carbocycles. The summed E-state index contributed by atoms with van der Waals surface area (Å²) in [6, 6.07) is 11.1. The molecule has 250 valence electrons. The molecule has 1 aliphatic rings. The van der Waals surface area contributed by atoms with Crippen LogP contribution in [-0.4, -0.2) is 84.0 Å². The second-order valence-electron chi connectivity index (χ2n) is 11.9. The molecule has 15 nitrogen and oxygen atoms in total. The molecule has 1 aliphatic heterocycles. The molecule has 1 amide bonds. The van der Waals surface area contributed by atoms with Crippen molar-refractivity contribution in [1.82, 2.24) is 4.98 Å². The third-order valence-corrected chi connectivity index (χ3v) is 6.86. The number of aromatic nitrogens is 1. The number of aliphatic imine (C=N–C) groups is 1. The van der Waals surface area contributed by atoms with Gasteiger partial charge in [0.2, 0.25) is 6.79 Å². The van der Waals surface area contributed by atoms with E-state index in [2.05, 4.69) is 15.0 Å². The molecule has 1 saturated heterocycles. The van der Waals surface area contributed by atoms with Gasteiger partial charge in [0.25, 0.3) is 5.84 Å².